The zero-order chi connectivity index (χ0) is 21.0. The molecule has 0 saturated carbocycles. The molecule has 3 heterocycles. The molecule has 5 rings (SSSR count). The second-order valence-corrected chi connectivity index (χ2v) is 7.63. The fourth-order valence-corrected chi connectivity index (χ4v) is 3.94. The van der Waals surface area contributed by atoms with Crippen LogP contribution < -0.4 is 16.0 Å². The molecular weight excluding hydrogens is 393 g/mol. The minimum atomic E-state index is -0.317. The maximum Gasteiger partial charge on any atom is 0.225 e. The summed E-state index contributed by atoms with van der Waals surface area (Å²) in [6.07, 6.45) is 3.63. The van der Waals surface area contributed by atoms with Gasteiger partial charge in [0.2, 0.25) is 11.9 Å². The third-order valence-electron chi connectivity index (χ3n) is 5.52. The molecule has 1 saturated heterocycles. The molecular formula is C23H24FN7. The molecule has 3 N–H and O–H groups in total. The Balaban J connectivity index is 1.50. The number of nitrogens with one attached hydrogen (secondary N) is 3. The molecule has 0 radical (unpaired) electrons. The first kappa shape index (κ1) is 19.4. The van der Waals surface area contributed by atoms with Crippen LogP contribution in [0.1, 0.15) is 24.4 Å². The van der Waals surface area contributed by atoms with Crippen molar-refractivity contribution in [2.45, 2.75) is 25.4 Å². The first-order chi connectivity index (χ1) is 15.3. The molecule has 1 fully saturated rings. The van der Waals surface area contributed by atoms with Crippen molar-refractivity contribution in [3.63, 3.8) is 0 Å². The SMILES string of the molecule is Fc1ccccc1Nc1nc2cnc(NCc3ccccc3)nc2n1C1CCNCC1. The van der Waals surface area contributed by atoms with Crippen LogP contribution in [0, 0.1) is 5.82 Å². The Morgan fingerprint density at radius 2 is 1.77 bits per heavy atom. The predicted molar refractivity (Wildman–Crippen MR) is 120 cm³/mol. The van der Waals surface area contributed by atoms with Gasteiger partial charge in [0, 0.05) is 12.6 Å². The van der Waals surface area contributed by atoms with Gasteiger partial charge in [0.15, 0.2) is 5.65 Å². The van der Waals surface area contributed by atoms with Gasteiger partial charge in [-0.05, 0) is 43.6 Å². The summed E-state index contributed by atoms with van der Waals surface area (Å²) in [6, 6.07) is 17.0. The van der Waals surface area contributed by atoms with E-state index in [1.165, 1.54) is 6.07 Å². The van der Waals surface area contributed by atoms with Crippen LogP contribution in [-0.2, 0) is 6.54 Å². The summed E-state index contributed by atoms with van der Waals surface area (Å²) in [5.74, 6) is 0.813. The number of anilines is 3. The summed E-state index contributed by atoms with van der Waals surface area (Å²) in [4.78, 5) is 13.9. The molecule has 158 valence electrons. The van der Waals surface area contributed by atoms with E-state index in [2.05, 4.69) is 37.6 Å². The average molecular weight is 417 g/mol. The Hall–Kier alpha value is -3.52. The summed E-state index contributed by atoms with van der Waals surface area (Å²) < 4.78 is 16.4. The van der Waals surface area contributed by atoms with Gasteiger partial charge in [0.25, 0.3) is 0 Å². The monoisotopic (exact) mass is 417 g/mol. The van der Waals surface area contributed by atoms with E-state index < -0.39 is 0 Å². The van der Waals surface area contributed by atoms with E-state index in [0.717, 1.165) is 37.1 Å². The molecule has 0 bridgehead atoms. The Kier molecular flexibility index (Phi) is 5.45. The standard InChI is InChI=1S/C23H24FN7/c24-18-8-4-5-9-19(18)28-23-29-20-15-27-22(26-14-16-6-2-1-3-7-16)30-21(20)31(23)17-10-12-25-13-11-17/h1-9,15,17,25H,10-14H2,(H,28,29)(H,26,27,30). The molecule has 2 aromatic heterocycles. The molecule has 0 amide bonds. The second-order valence-electron chi connectivity index (χ2n) is 7.63. The quantitative estimate of drug-likeness (QED) is 0.435. The van der Waals surface area contributed by atoms with Crippen molar-refractivity contribution in [1.82, 2.24) is 24.8 Å². The van der Waals surface area contributed by atoms with Gasteiger partial charge in [-0.25, -0.2) is 14.4 Å². The highest BCUT2D eigenvalue weighted by Crippen LogP contribution is 2.31. The van der Waals surface area contributed by atoms with E-state index >= 15 is 0 Å². The number of benzene rings is 2. The van der Waals surface area contributed by atoms with Gasteiger partial charge in [0.1, 0.15) is 11.3 Å². The fraction of sp³-hybridized carbons (Fsp3) is 0.261. The molecule has 31 heavy (non-hydrogen) atoms. The Morgan fingerprint density at radius 1 is 1.00 bits per heavy atom. The minimum Gasteiger partial charge on any atom is -0.350 e. The number of hydrogen-bond donors (Lipinski definition) is 3. The van der Waals surface area contributed by atoms with Crippen LogP contribution in [0.3, 0.4) is 0 Å². The van der Waals surface area contributed by atoms with Crippen LogP contribution in [0.15, 0.2) is 60.8 Å². The zero-order valence-corrected chi connectivity index (χ0v) is 17.1. The Labute approximate surface area is 179 Å². The molecule has 1 aliphatic rings. The van der Waals surface area contributed by atoms with Gasteiger partial charge >= 0.3 is 0 Å². The second kappa shape index (κ2) is 8.69. The van der Waals surface area contributed by atoms with Crippen LogP contribution in [0.2, 0.25) is 0 Å². The number of para-hydroxylation sites is 1. The van der Waals surface area contributed by atoms with Crippen LogP contribution in [0.4, 0.5) is 22.0 Å². The molecule has 4 aromatic rings. The summed E-state index contributed by atoms with van der Waals surface area (Å²) in [6.45, 7) is 2.48. The summed E-state index contributed by atoms with van der Waals surface area (Å²) in [5, 5.41) is 9.86. The van der Waals surface area contributed by atoms with Crippen molar-refractivity contribution in [2.24, 2.45) is 0 Å². The summed E-state index contributed by atoms with van der Waals surface area (Å²) >= 11 is 0. The highest BCUT2D eigenvalue weighted by atomic mass is 19.1. The number of hydrogen-bond acceptors (Lipinski definition) is 6. The normalized spacial score (nSPS) is 14.6. The smallest absolute Gasteiger partial charge is 0.225 e. The number of nitrogens with zero attached hydrogens (tertiary/aromatic N) is 4. The van der Waals surface area contributed by atoms with E-state index in [0.29, 0.717) is 29.6 Å². The van der Waals surface area contributed by atoms with Gasteiger partial charge in [-0.1, -0.05) is 42.5 Å². The Bertz CT molecular complexity index is 1170. The highest BCUT2D eigenvalue weighted by Gasteiger charge is 2.23. The molecule has 0 spiro atoms. The predicted octanol–water partition coefficient (Wildman–Crippen LogP) is 4.25. The molecule has 0 atom stereocenters. The number of aromatic nitrogens is 4. The van der Waals surface area contributed by atoms with Gasteiger partial charge < -0.3 is 16.0 Å². The molecule has 1 aliphatic heterocycles. The van der Waals surface area contributed by atoms with Gasteiger partial charge in [0.05, 0.1) is 11.9 Å². The lowest BCUT2D eigenvalue weighted by molar-refractivity contribution is 0.376. The summed E-state index contributed by atoms with van der Waals surface area (Å²) in [7, 11) is 0. The Morgan fingerprint density at radius 3 is 2.58 bits per heavy atom. The first-order valence-corrected chi connectivity index (χ1v) is 10.5. The highest BCUT2D eigenvalue weighted by molar-refractivity contribution is 5.76. The lowest BCUT2D eigenvalue weighted by Crippen LogP contribution is -2.30. The van der Waals surface area contributed by atoms with Crippen LogP contribution in [0.25, 0.3) is 11.2 Å². The van der Waals surface area contributed by atoms with Crippen LogP contribution in [-0.4, -0.2) is 32.6 Å². The molecule has 0 aliphatic carbocycles. The van der Waals surface area contributed by atoms with Crippen molar-refractivity contribution in [3.8, 4) is 0 Å². The maximum atomic E-state index is 14.3. The van der Waals surface area contributed by atoms with Gasteiger partial charge in [-0.15, -0.1) is 0 Å². The molecule has 0 unspecified atom stereocenters. The molecule has 2 aromatic carbocycles. The summed E-state index contributed by atoms with van der Waals surface area (Å²) in [5.41, 5.74) is 2.97. The number of rotatable bonds is 6. The number of halogens is 1. The first-order valence-electron chi connectivity index (χ1n) is 10.5. The largest absolute Gasteiger partial charge is 0.350 e. The average Bonchev–Trinajstić information content (AvgIpc) is 3.17. The lowest BCUT2D eigenvalue weighted by atomic mass is 10.1. The van der Waals surface area contributed by atoms with Crippen molar-refractivity contribution in [1.29, 1.82) is 0 Å². The van der Waals surface area contributed by atoms with Crippen LogP contribution >= 0.6 is 0 Å². The van der Waals surface area contributed by atoms with E-state index in [1.54, 1.807) is 24.4 Å². The van der Waals surface area contributed by atoms with Crippen molar-refractivity contribution in [3.05, 3.63) is 72.2 Å². The third-order valence-corrected chi connectivity index (χ3v) is 5.52. The van der Waals surface area contributed by atoms with E-state index in [1.807, 2.05) is 18.2 Å². The fourth-order valence-electron chi connectivity index (χ4n) is 3.94. The topological polar surface area (TPSA) is 79.7 Å². The van der Waals surface area contributed by atoms with Gasteiger partial charge in [-0.3, -0.25) is 4.57 Å². The van der Waals surface area contributed by atoms with Gasteiger partial charge in [-0.2, -0.15) is 4.98 Å². The number of piperidine rings is 1. The van der Waals surface area contributed by atoms with E-state index in [4.69, 9.17) is 9.97 Å². The molecule has 7 nitrogen and oxygen atoms in total. The van der Waals surface area contributed by atoms with E-state index in [-0.39, 0.29) is 11.9 Å². The van der Waals surface area contributed by atoms with E-state index in [9.17, 15) is 4.39 Å². The van der Waals surface area contributed by atoms with Crippen molar-refractivity contribution in [2.75, 3.05) is 23.7 Å². The minimum absolute atomic E-state index is 0.220. The van der Waals surface area contributed by atoms with Crippen molar-refractivity contribution < 1.29 is 4.39 Å². The van der Waals surface area contributed by atoms with Crippen LogP contribution in [0.5, 0.6) is 0 Å². The third kappa shape index (κ3) is 4.20. The number of imidazole rings is 1. The van der Waals surface area contributed by atoms with Crippen molar-refractivity contribution >= 4 is 28.7 Å². The zero-order valence-electron chi connectivity index (χ0n) is 17.1. The maximum absolute atomic E-state index is 14.3. The molecule has 8 heteroatoms. The number of fused-ring (bicyclic) bond motifs is 1. The lowest BCUT2D eigenvalue weighted by Gasteiger charge is -2.26.